The number of para-hydroxylation sites is 1. The van der Waals surface area contributed by atoms with Gasteiger partial charge in [-0.05, 0) is 17.3 Å². The van der Waals surface area contributed by atoms with Crippen LogP contribution >= 0.6 is 0 Å². The van der Waals surface area contributed by atoms with Gasteiger partial charge in [0.2, 0.25) is 5.82 Å². The number of aromatic nitrogens is 4. The van der Waals surface area contributed by atoms with Gasteiger partial charge in [-0.2, -0.15) is 10.3 Å². The van der Waals surface area contributed by atoms with Crippen LogP contribution in [-0.2, 0) is 4.79 Å². The fourth-order valence-electron chi connectivity index (χ4n) is 1.17. The van der Waals surface area contributed by atoms with Gasteiger partial charge in [-0.3, -0.25) is 15.6 Å². The molecule has 0 atom stereocenters. The maximum Gasteiger partial charge on any atom is 0.289 e. The van der Waals surface area contributed by atoms with Crippen LogP contribution in [0.3, 0.4) is 0 Å². The summed E-state index contributed by atoms with van der Waals surface area (Å²) in [5.74, 6) is 4.47. The first kappa shape index (κ1) is 11.7. The summed E-state index contributed by atoms with van der Waals surface area (Å²) >= 11 is 0. The number of carbonyl (C=O) groups excluding carboxylic acids is 1. The van der Waals surface area contributed by atoms with Crippen molar-refractivity contribution in [3.63, 3.8) is 0 Å². The number of hydrogen-bond donors (Lipinski definition) is 4. The van der Waals surface area contributed by atoms with E-state index in [9.17, 15) is 4.79 Å². The van der Waals surface area contributed by atoms with Crippen LogP contribution in [-0.4, -0.2) is 32.2 Å². The Labute approximate surface area is 101 Å². The molecule has 92 valence electrons. The predicted molar refractivity (Wildman–Crippen MR) is 63.1 cm³/mol. The van der Waals surface area contributed by atoms with Gasteiger partial charge in [0.15, 0.2) is 5.71 Å². The third-order valence-corrected chi connectivity index (χ3v) is 1.97. The number of hydrazine groups is 1. The highest BCUT2D eigenvalue weighted by Gasteiger charge is 2.17. The van der Waals surface area contributed by atoms with Crippen molar-refractivity contribution in [1.29, 1.82) is 0 Å². The Bertz CT molecular complexity index is 535. The fourth-order valence-corrected chi connectivity index (χ4v) is 1.17. The summed E-state index contributed by atoms with van der Waals surface area (Å²) in [6, 6.07) is 9.10. The van der Waals surface area contributed by atoms with E-state index in [4.69, 9.17) is 5.84 Å². The van der Waals surface area contributed by atoms with Crippen LogP contribution in [0.4, 0.5) is 5.69 Å². The average molecular weight is 246 g/mol. The number of hydrazone groups is 1. The van der Waals surface area contributed by atoms with Crippen molar-refractivity contribution >= 4 is 17.3 Å². The summed E-state index contributed by atoms with van der Waals surface area (Å²) in [7, 11) is 0. The molecule has 0 bridgehead atoms. The zero-order chi connectivity index (χ0) is 12.8. The lowest BCUT2D eigenvalue weighted by Crippen LogP contribution is -2.37. The van der Waals surface area contributed by atoms with Gasteiger partial charge < -0.3 is 0 Å². The van der Waals surface area contributed by atoms with E-state index in [-0.39, 0.29) is 11.5 Å². The lowest BCUT2D eigenvalue weighted by molar-refractivity contribution is -0.114. The molecule has 18 heavy (non-hydrogen) atoms. The lowest BCUT2D eigenvalue weighted by Gasteiger charge is -2.02. The maximum absolute atomic E-state index is 11.5. The molecule has 0 fully saturated rings. The molecule has 0 aliphatic rings. The quantitative estimate of drug-likeness (QED) is 0.237. The second-order valence-electron chi connectivity index (χ2n) is 3.15. The minimum atomic E-state index is -0.625. The van der Waals surface area contributed by atoms with Crippen molar-refractivity contribution in [2.45, 2.75) is 0 Å². The van der Waals surface area contributed by atoms with Gasteiger partial charge in [-0.15, -0.1) is 10.2 Å². The average Bonchev–Trinajstić information content (AvgIpc) is 2.94. The Morgan fingerprint density at radius 2 is 2.11 bits per heavy atom. The molecule has 0 spiro atoms. The number of H-pyrrole nitrogens is 1. The van der Waals surface area contributed by atoms with Crippen molar-refractivity contribution in [1.82, 2.24) is 26.0 Å². The summed E-state index contributed by atoms with van der Waals surface area (Å²) in [6.07, 6.45) is 0. The van der Waals surface area contributed by atoms with Gasteiger partial charge in [-0.1, -0.05) is 18.2 Å². The van der Waals surface area contributed by atoms with Crippen molar-refractivity contribution < 1.29 is 4.79 Å². The number of aromatic amines is 1. The normalized spacial score (nSPS) is 11.1. The standard InChI is InChI=1S/C9H10N8O/c10-11-9(18)7(8-14-16-17-15-8)13-12-6-4-2-1-3-5-6/h1-5,12H,10H2,(H,11,18)(H,14,15,16,17). The van der Waals surface area contributed by atoms with Crippen LogP contribution in [0.2, 0.25) is 0 Å². The summed E-state index contributed by atoms with van der Waals surface area (Å²) in [5.41, 5.74) is 5.29. The molecule has 0 unspecified atom stereocenters. The Morgan fingerprint density at radius 1 is 1.33 bits per heavy atom. The molecule has 1 amide bonds. The highest BCUT2D eigenvalue weighted by molar-refractivity contribution is 6.44. The molecule has 2 aromatic rings. The summed E-state index contributed by atoms with van der Waals surface area (Å²) in [5, 5.41) is 16.8. The monoisotopic (exact) mass is 246 g/mol. The first-order chi connectivity index (χ1) is 8.81. The van der Waals surface area contributed by atoms with E-state index >= 15 is 0 Å². The zero-order valence-electron chi connectivity index (χ0n) is 9.16. The van der Waals surface area contributed by atoms with E-state index in [0.29, 0.717) is 5.69 Å². The molecule has 0 aliphatic heterocycles. The number of nitrogens with two attached hydrogens (primary N) is 1. The molecular weight excluding hydrogens is 236 g/mol. The van der Waals surface area contributed by atoms with Crippen molar-refractivity contribution in [2.24, 2.45) is 10.9 Å². The number of rotatable bonds is 4. The number of benzene rings is 1. The van der Waals surface area contributed by atoms with Crippen LogP contribution in [0.15, 0.2) is 35.4 Å². The maximum atomic E-state index is 11.5. The van der Waals surface area contributed by atoms with Crippen molar-refractivity contribution in [3.05, 3.63) is 36.2 Å². The molecular formula is C9H10N8O. The van der Waals surface area contributed by atoms with E-state index in [0.717, 1.165) is 0 Å². The van der Waals surface area contributed by atoms with Gasteiger partial charge in [-0.25, -0.2) is 5.84 Å². The second kappa shape index (κ2) is 5.50. The van der Waals surface area contributed by atoms with Crippen LogP contribution in [0.5, 0.6) is 0 Å². The Kier molecular flexibility index (Phi) is 3.56. The van der Waals surface area contributed by atoms with Crippen molar-refractivity contribution in [3.8, 4) is 0 Å². The molecule has 9 heteroatoms. The van der Waals surface area contributed by atoms with Crippen LogP contribution in [0, 0.1) is 0 Å². The first-order valence-electron chi connectivity index (χ1n) is 4.95. The Hall–Kier alpha value is -2.81. The minimum Gasteiger partial charge on any atom is -0.289 e. The molecule has 1 aromatic carbocycles. The minimum absolute atomic E-state index is 0.0429. The van der Waals surface area contributed by atoms with Gasteiger partial charge in [0.05, 0.1) is 5.69 Å². The van der Waals surface area contributed by atoms with Gasteiger partial charge >= 0.3 is 0 Å². The molecule has 1 aromatic heterocycles. The van der Waals surface area contributed by atoms with Gasteiger partial charge in [0.25, 0.3) is 5.91 Å². The number of amides is 1. The van der Waals surface area contributed by atoms with E-state index in [1.54, 1.807) is 12.1 Å². The van der Waals surface area contributed by atoms with Crippen LogP contribution in [0.25, 0.3) is 0 Å². The van der Waals surface area contributed by atoms with Gasteiger partial charge in [0.1, 0.15) is 0 Å². The predicted octanol–water partition coefficient (Wildman–Crippen LogP) is -0.994. The lowest BCUT2D eigenvalue weighted by atomic mass is 10.3. The van der Waals surface area contributed by atoms with E-state index in [1.807, 2.05) is 23.6 Å². The fraction of sp³-hybridized carbons (Fsp3) is 0. The van der Waals surface area contributed by atoms with E-state index in [2.05, 4.69) is 31.2 Å². The third kappa shape index (κ3) is 2.65. The smallest absolute Gasteiger partial charge is 0.289 e. The van der Waals surface area contributed by atoms with Crippen molar-refractivity contribution in [2.75, 3.05) is 5.43 Å². The Morgan fingerprint density at radius 3 is 2.72 bits per heavy atom. The number of carbonyl (C=O) groups is 1. The number of anilines is 1. The highest BCUT2D eigenvalue weighted by atomic mass is 16.2. The molecule has 0 radical (unpaired) electrons. The van der Waals surface area contributed by atoms with E-state index < -0.39 is 5.91 Å². The van der Waals surface area contributed by atoms with Gasteiger partial charge in [0, 0.05) is 0 Å². The molecule has 0 saturated carbocycles. The molecule has 0 saturated heterocycles. The topological polar surface area (TPSA) is 134 Å². The van der Waals surface area contributed by atoms with Crippen LogP contribution in [0.1, 0.15) is 5.82 Å². The van der Waals surface area contributed by atoms with E-state index in [1.165, 1.54) is 0 Å². The number of nitrogens with one attached hydrogen (secondary N) is 3. The summed E-state index contributed by atoms with van der Waals surface area (Å²) in [4.78, 5) is 11.5. The summed E-state index contributed by atoms with van der Waals surface area (Å²) < 4.78 is 0. The molecule has 5 N–H and O–H groups in total. The van der Waals surface area contributed by atoms with Crippen LogP contribution < -0.4 is 16.7 Å². The summed E-state index contributed by atoms with van der Waals surface area (Å²) in [6.45, 7) is 0. The largest absolute Gasteiger partial charge is 0.289 e. The third-order valence-electron chi connectivity index (χ3n) is 1.97. The molecule has 0 aliphatic carbocycles. The number of nitrogens with zero attached hydrogens (tertiary/aromatic N) is 4. The SMILES string of the molecule is NNC(=O)C(=NNc1ccccc1)c1nn[nH]n1. The zero-order valence-corrected chi connectivity index (χ0v) is 9.16. The Balaban J connectivity index is 2.22. The molecule has 1 heterocycles. The second-order valence-corrected chi connectivity index (χ2v) is 3.15. The number of tetrazole rings is 1. The number of hydrogen-bond acceptors (Lipinski definition) is 7. The first-order valence-corrected chi connectivity index (χ1v) is 4.95. The molecule has 2 rings (SSSR count). The molecule has 9 nitrogen and oxygen atoms in total. The highest BCUT2D eigenvalue weighted by Crippen LogP contribution is 2.05.